The lowest BCUT2D eigenvalue weighted by molar-refractivity contribution is -0.109. The van der Waals surface area contributed by atoms with Crippen LogP contribution < -0.4 is 11.5 Å². The van der Waals surface area contributed by atoms with Gasteiger partial charge in [-0.2, -0.15) is 10.4 Å². The van der Waals surface area contributed by atoms with Crippen molar-refractivity contribution in [3.05, 3.63) is 11.8 Å². The van der Waals surface area contributed by atoms with Gasteiger partial charge in [-0.3, -0.25) is 0 Å². The highest BCUT2D eigenvalue weighted by Crippen LogP contribution is 2.36. The van der Waals surface area contributed by atoms with Crippen molar-refractivity contribution in [1.82, 2.24) is 9.78 Å². The Morgan fingerprint density at radius 3 is 2.33 bits per heavy atom. The van der Waals surface area contributed by atoms with Gasteiger partial charge in [-0.25, -0.2) is 4.68 Å². The van der Waals surface area contributed by atoms with E-state index in [1.165, 1.54) is 25.7 Å². The van der Waals surface area contributed by atoms with Gasteiger partial charge in [-0.15, -0.1) is 0 Å². The zero-order chi connectivity index (χ0) is 15.8. The molecule has 0 aliphatic heterocycles. The van der Waals surface area contributed by atoms with E-state index in [0.29, 0.717) is 12.3 Å². The van der Waals surface area contributed by atoms with Gasteiger partial charge < -0.3 is 16.3 Å². The monoisotopic (exact) mass is 291 g/mol. The third kappa shape index (κ3) is 6.41. The van der Waals surface area contributed by atoms with Crippen LogP contribution in [0.1, 0.15) is 44.2 Å². The van der Waals surface area contributed by atoms with Crippen LogP contribution >= 0.6 is 0 Å². The van der Waals surface area contributed by atoms with E-state index in [9.17, 15) is 4.79 Å². The molecular formula is C15H25N5O. The number of carbonyl (C=O) groups is 1. The van der Waals surface area contributed by atoms with Crippen molar-refractivity contribution in [1.29, 1.82) is 5.26 Å². The van der Waals surface area contributed by atoms with Gasteiger partial charge in [0.15, 0.2) is 0 Å². The second-order valence-electron chi connectivity index (χ2n) is 5.62. The van der Waals surface area contributed by atoms with Crippen LogP contribution in [0, 0.1) is 30.1 Å². The van der Waals surface area contributed by atoms with E-state index < -0.39 is 5.92 Å². The third-order valence-electron chi connectivity index (χ3n) is 3.36. The van der Waals surface area contributed by atoms with Crippen molar-refractivity contribution in [3.63, 3.8) is 0 Å². The van der Waals surface area contributed by atoms with Gasteiger partial charge in [-0.1, -0.05) is 0 Å². The molecule has 2 saturated carbocycles. The molecule has 116 valence electrons. The predicted octanol–water partition coefficient (Wildman–Crippen LogP) is 1.81. The number of nitrogens with two attached hydrogens (primary N) is 2. The maximum absolute atomic E-state index is 9.51. The molecule has 2 fully saturated rings. The average molecular weight is 291 g/mol. The first kappa shape index (κ1) is 17.2. The standard InChI is InChI=1S/C7H11N3.C4H5NO.C4H9N/c1-5-4-9-10(7(5)8)6-2-3-6;1-4(2-5)3-6;5-3-4-1-2-4/h4,6H,2-3,8H2,1H3;3-4H,1H3;4H,1-3,5H2. The van der Waals surface area contributed by atoms with Crippen LogP contribution in [0.15, 0.2) is 6.20 Å². The first-order chi connectivity index (χ1) is 10.0. The first-order valence-electron chi connectivity index (χ1n) is 7.38. The molecule has 2 aliphatic carbocycles. The van der Waals surface area contributed by atoms with E-state index in [1.807, 2.05) is 17.8 Å². The summed E-state index contributed by atoms with van der Waals surface area (Å²) in [5, 5.41) is 12.0. The van der Waals surface area contributed by atoms with Gasteiger partial charge in [0.25, 0.3) is 0 Å². The van der Waals surface area contributed by atoms with Crippen LogP contribution in [0.2, 0.25) is 0 Å². The number of aldehydes is 1. The molecule has 0 saturated heterocycles. The Kier molecular flexibility index (Phi) is 6.89. The number of hydrogen-bond donors (Lipinski definition) is 2. The normalized spacial score (nSPS) is 17.4. The van der Waals surface area contributed by atoms with E-state index >= 15 is 0 Å². The van der Waals surface area contributed by atoms with Crippen molar-refractivity contribution >= 4 is 12.1 Å². The molecule has 1 aromatic heterocycles. The van der Waals surface area contributed by atoms with Gasteiger partial charge in [-0.05, 0) is 52.0 Å². The summed E-state index contributed by atoms with van der Waals surface area (Å²) in [6, 6.07) is 2.35. The quantitative estimate of drug-likeness (QED) is 0.825. The lowest BCUT2D eigenvalue weighted by Crippen LogP contribution is -2.01. The van der Waals surface area contributed by atoms with E-state index in [1.54, 1.807) is 13.0 Å². The van der Waals surface area contributed by atoms with Gasteiger partial charge >= 0.3 is 0 Å². The van der Waals surface area contributed by atoms with Crippen molar-refractivity contribution in [2.75, 3.05) is 12.3 Å². The minimum Gasteiger partial charge on any atom is -0.384 e. The topological polar surface area (TPSA) is 111 Å². The fourth-order valence-electron chi connectivity index (χ4n) is 1.45. The van der Waals surface area contributed by atoms with Gasteiger partial charge in [0, 0.05) is 5.56 Å². The average Bonchev–Trinajstić information content (AvgIpc) is 3.41. The van der Waals surface area contributed by atoms with Crippen LogP contribution in [0.3, 0.4) is 0 Å². The lowest BCUT2D eigenvalue weighted by Gasteiger charge is -1.99. The summed E-state index contributed by atoms with van der Waals surface area (Å²) in [6.45, 7) is 4.45. The van der Waals surface area contributed by atoms with Crippen molar-refractivity contribution in [2.24, 2.45) is 17.6 Å². The molecular weight excluding hydrogens is 266 g/mol. The SMILES string of the molecule is CC(C#N)C=O.Cc1cnn(C2CC2)c1N.NCC1CC1. The summed E-state index contributed by atoms with van der Waals surface area (Å²) >= 11 is 0. The van der Waals surface area contributed by atoms with E-state index in [2.05, 4.69) is 5.10 Å². The molecule has 1 aromatic rings. The maximum atomic E-state index is 9.51. The molecule has 1 heterocycles. The smallest absolute Gasteiger partial charge is 0.136 e. The molecule has 2 aliphatic rings. The van der Waals surface area contributed by atoms with Crippen molar-refractivity contribution in [2.45, 2.75) is 45.6 Å². The van der Waals surface area contributed by atoms with Crippen LogP contribution in [0.25, 0.3) is 0 Å². The summed E-state index contributed by atoms with van der Waals surface area (Å²) in [5.74, 6) is 1.31. The highest BCUT2D eigenvalue weighted by atomic mass is 16.1. The molecule has 0 aromatic carbocycles. The fraction of sp³-hybridized carbons (Fsp3) is 0.667. The molecule has 0 bridgehead atoms. The number of aryl methyl sites for hydroxylation is 1. The van der Waals surface area contributed by atoms with Crippen LogP contribution in [-0.2, 0) is 4.79 Å². The summed E-state index contributed by atoms with van der Waals surface area (Å²) in [5.41, 5.74) is 12.1. The van der Waals surface area contributed by atoms with E-state index in [-0.39, 0.29) is 0 Å². The fourth-order valence-corrected chi connectivity index (χ4v) is 1.45. The maximum Gasteiger partial charge on any atom is 0.136 e. The number of nitrogens with zero attached hydrogens (tertiary/aromatic N) is 3. The van der Waals surface area contributed by atoms with E-state index in [0.717, 1.165) is 23.8 Å². The zero-order valence-corrected chi connectivity index (χ0v) is 12.8. The Labute approximate surface area is 126 Å². The van der Waals surface area contributed by atoms with Crippen LogP contribution in [0.4, 0.5) is 5.82 Å². The van der Waals surface area contributed by atoms with Crippen LogP contribution in [0.5, 0.6) is 0 Å². The number of nitriles is 1. The Balaban J connectivity index is 0.000000173. The van der Waals surface area contributed by atoms with Crippen molar-refractivity contribution < 1.29 is 4.79 Å². The number of rotatable bonds is 3. The number of aromatic nitrogens is 2. The largest absolute Gasteiger partial charge is 0.384 e. The van der Waals surface area contributed by atoms with Gasteiger partial charge in [0.2, 0.25) is 0 Å². The minimum atomic E-state index is -0.440. The summed E-state index contributed by atoms with van der Waals surface area (Å²) in [7, 11) is 0. The Hall–Kier alpha value is -1.87. The first-order valence-corrected chi connectivity index (χ1v) is 7.38. The van der Waals surface area contributed by atoms with E-state index in [4.69, 9.17) is 16.7 Å². The number of nitrogen functional groups attached to an aromatic ring is 1. The minimum absolute atomic E-state index is 0.440. The molecule has 1 unspecified atom stereocenters. The summed E-state index contributed by atoms with van der Waals surface area (Å²) in [4.78, 5) is 9.51. The van der Waals surface area contributed by atoms with Crippen molar-refractivity contribution in [3.8, 4) is 6.07 Å². The molecule has 6 nitrogen and oxygen atoms in total. The zero-order valence-electron chi connectivity index (χ0n) is 12.8. The lowest BCUT2D eigenvalue weighted by atomic mass is 10.2. The molecule has 6 heteroatoms. The second kappa shape index (κ2) is 8.42. The predicted molar refractivity (Wildman–Crippen MR) is 82.3 cm³/mol. The summed E-state index contributed by atoms with van der Waals surface area (Å²) < 4.78 is 1.93. The van der Waals surface area contributed by atoms with Gasteiger partial charge in [0.1, 0.15) is 12.1 Å². The number of hydrogen-bond acceptors (Lipinski definition) is 5. The molecule has 1 atom stereocenters. The Bertz CT molecular complexity index is 483. The molecule has 0 spiro atoms. The molecule has 21 heavy (non-hydrogen) atoms. The molecule has 4 N–H and O–H groups in total. The summed E-state index contributed by atoms with van der Waals surface area (Å²) in [6.07, 6.45) is 7.69. The number of anilines is 1. The molecule has 0 radical (unpaired) electrons. The van der Waals surface area contributed by atoms with Crippen LogP contribution in [-0.4, -0.2) is 22.6 Å². The second-order valence-corrected chi connectivity index (χ2v) is 5.62. The molecule has 0 amide bonds. The Morgan fingerprint density at radius 2 is 2.14 bits per heavy atom. The highest BCUT2D eigenvalue weighted by Gasteiger charge is 2.26. The highest BCUT2D eigenvalue weighted by molar-refractivity contribution is 5.56. The Morgan fingerprint density at radius 1 is 1.52 bits per heavy atom. The molecule has 3 rings (SSSR count). The third-order valence-corrected chi connectivity index (χ3v) is 3.36. The van der Waals surface area contributed by atoms with Gasteiger partial charge in [0.05, 0.1) is 24.2 Å². The number of carbonyl (C=O) groups excluding carboxylic acids is 1.